The Morgan fingerprint density at radius 2 is 1.75 bits per heavy atom. The molecular weight excluding hydrogens is 365 g/mol. The highest BCUT2D eigenvalue weighted by Gasteiger charge is 2.31. The average molecular weight is 385 g/mol. The van der Waals surface area contributed by atoms with Crippen LogP contribution in [0.5, 0.6) is 11.5 Å². The maximum atomic E-state index is 13.1. The Hall–Kier alpha value is -3.55. The molecule has 28 heavy (non-hydrogen) atoms. The highest BCUT2D eigenvalue weighted by atomic mass is 19.1. The van der Waals surface area contributed by atoms with E-state index in [9.17, 15) is 14.0 Å². The van der Waals surface area contributed by atoms with Gasteiger partial charge in [0.15, 0.2) is 11.5 Å². The quantitative estimate of drug-likeness (QED) is 0.738. The van der Waals surface area contributed by atoms with Crippen LogP contribution in [0.3, 0.4) is 0 Å². The zero-order valence-electron chi connectivity index (χ0n) is 15.6. The summed E-state index contributed by atoms with van der Waals surface area (Å²) in [4.78, 5) is 24.9. The van der Waals surface area contributed by atoms with Crippen LogP contribution in [0.2, 0.25) is 0 Å². The van der Waals surface area contributed by atoms with Crippen LogP contribution in [0.25, 0.3) is 0 Å². The summed E-state index contributed by atoms with van der Waals surface area (Å²) < 4.78 is 23.7. The van der Waals surface area contributed by atoms with E-state index in [4.69, 9.17) is 9.47 Å². The van der Waals surface area contributed by atoms with Crippen LogP contribution in [0.4, 0.5) is 14.9 Å². The van der Waals surface area contributed by atoms with Crippen molar-refractivity contribution >= 4 is 17.6 Å². The van der Waals surface area contributed by atoms with Crippen molar-refractivity contribution in [3.05, 3.63) is 65.1 Å². The Kier molecular flexibility index (Phi) is 5.49. The summed E-state index contributed by atoms with van der Waals surface area (Å²) >= 11 is 0. The summed E-state index contributed by atoms with van der Waals surface area (Å²) in [5.41, 5.74) is 1.84. The molecule has 0 radical (unpaired) electrons. The lowest BCUT2D eigenvalue weighted by Crippen LogP contribution is -2.45. The Labute approximate surface area is 161 Å². The van der Waals surface area contributed by atoms with Crippen molar-refractivity contribution in [2.24, 2.45) is 0 Å². The molecule has 1 aliphatic rings. The zero-order chi connectivity index (χ0) is 20.3. The summed E-state index contributed by atoms with van der Waals surface area (Å²) in [5, 5.41) is 8.09. The maximum Gasteiger partial charge on any atom is 0.319 e. The molecule has 7 nitrogen and oxygen atoms in total. The molecule has 1 aliphatic heterocycles. The first-order chi connectivity index (χ1) is 13.4. The number of amides is 3. The molecule has 8 heteroatoms. The molecule has 2 aromatic carbocycles. The number of carbonyl (C=O) groups excluding carboxylic acids is 2. The molecule has 0 spiro atoms. The van der Waals surface area contributed by atoms with Crippen molar-refractivity contribution in [2.75, 3.05) is 19.5 Å². The van der Waals surface area contributed by atoms with Gasteiger partial charge in [-0.2, -0.15) is 0 Å². The van der Waals surface area contributed by atoms with Gasteiger partial charge in [-0.3, -0.25) is 4.79 Å². The molecule has 2 aromatic rings. The summed E-state index contributed by atoms with van der Waals surface area (Å²) in [6.07, 6.45) is 0. The summed E-state index contributed by atoms with van der Waals surface area (Å²) in [7, 11) is 3.03. The van der Waals surface area contributed by atoms with Gasteiger partial charge in [0.1, 0.15) is 5.82 Å². The van der Waals surface area contributed by atoms with Gasteiger partial charge in [-0.15, -0.1) is 0 Å². The molecule has 3 N–H and O–H groups in total. The minimum Gasteiger partial charge on any atom is -0.493 e. The van der Waals surface area contributed by atoms with E-state index in [2.05, 4.69) is 16.0 Å². The lowest BCUT2D eigenvalue weighted by atomic mass is 9.94. The molecule has 0 saturated carbocycles. The predicted octanol–water partition coefficient (Wildman–Crippen LogP) is 3.11. The largest absolute Gasteiger partial charge is 0.493 e. The van der Waals surface area contributed by atoms with Gasteiger partial charge in [0.2, 0.25) is 0 Å². The fourth-order valence-corrected chi connectivity index (χ4v) is 3.01. The summed E-state index contributed by atoms with van der Waals surface area (Å²) in [5.74, 6) is 0.188. The molecule has 1 heterocycles. The molecule has 0 unspecified atom stereocenters. The van der Waals surface area contributed by atoms with Gasteiger partial charge in [0.25, 0.3) is 5.91 Å². The van der Waals surface area contributed by atoms with Crippen LogP contribution in [0, 0.1) is 5.82 Å². The van der Waals surface area contributed by atoms with Crippen molar-refractivity contribution in [3.8, 4) is 11.5 Å². The van der Waals surface area contributed by atoms with Gasteiger partial charge in [0.05, 0.1) is 25.8 Å². The lowest BCUT2D eigenvalue weighted by Gasteiger charge is -2.29. The Balaban J connectivity index is 1.96. The number of methoxy groups -OCH3 is 2. The molecule has 0 saturated heterocycles. The Morgan fingerprint density at radius 3 is 2.39 bits per heavy atom. The number of nitrogens with one attached hydrogen (secondary N) is 3. The van der Waals surface area contributed by atoms with Crippen LogP contribution in [0.1, 0.15) is 18.5 Å². The molecule has 0 bridgehead atoms. The first-order valence-corrected chi connectivity index (χ1v) is 8.50. The Morgan fingerprint density at radius 1 is 1.07 bits per heavy atom. The number of halogens is 1. The number of urea groups is 1. The van der Waals surface area contributed by atoms with Gasteiger partial charge < -0.3 is 25.4 Å². The summed E-state index contributed by atoms with van der Waals surface area (Å²) in [6.45, 7) is 1.64. The molecule has 3 amide bonds. The third-order valence-electron chi connectivity index (χ3n) is 4.36. The lowest BCUT2D eigenvalue weighted by molar-refractivity contribution is -0.113. The van der Waals surface area contributed by atoms with E-state index in [1.807, 2.05) is 0 Å². The fraction of sp³-hybridized carbons (Fsp3) is 0.200. The van der Waals surface area contributed by atoms with E-state index in [1.54, 1.807) is 25.1 Å². The Bertz CT molecular complexity index is 941. The van der Waals surface area contributed by atoms with E-state index in [0.717, 1.165) is 0 Å². The second-order valence-corrected chi connectivity index (χ2v) is 6.15. The third kappa shape index (κ3) is 3.90. The van der Waals surface area contributed by atoms with Crippen LogP contribution in [0.15, 0.2) is 53.7 Å². The van der Waals surface area contributed by atoms with Gasteiger partial charge in [-0.1, -0.05) is 6.07 Å². The fourth-order valence-electron chi connectivity index (χ4n) is 3.01. The van der Waals surface area contributed by atoms with E-state index in [1.165, 1.54) is 38.5 Å². The smallest absolute Gasteiger partial charge is 0.319 e. The number of anilines is 1. The van der Waals surface area contributed by atoms with Crippen molar-refractivity contribution in [1.82, 2.24) is 10.6 Å². The predicted molar refractivity (Wildman–Crippen MR) is 102 cm³/mol. The topological polar surface area (TPSA) is 88.7 Å². The third-order valence-corrected chi connectivity index (χ3v) is 4.36. The molecule has 0 aromatic heterocycles. The standard InChI is InChI=1S/C20H20FN3O4/c1-11-17(19(25)23-14-7-5-13(21)6-8-14)18(24-20(26)22-11)12-4-9-15(27-2)16(10-12)28-3/h4-10,18H,1-3H3,(H,23,25)(H2,22,24,26)/t18-/m0/s1. The van der Waals surface area contributed by atoms with Crippen LogP contribution in [-0.4, -0.2) is 26.2 Å². The minimum atomic E-state index is -0.700. The monoisotopic (exact) mass is 385 g/mol. The van der Waals surface area contributed by atoms with Gasteiger partial charge in [-0.25, -0.2) is 9.18 Å². The number of ether oxygens (including phenoxy) is 2. The maximum absolute atomic E-state index is 13.1. The molecule has 0 aliphatic carbocycles. The second kappa shape index (κ2) is 7.99. The van der Waals surface area contributed by atoms with Crippen molar-refractivity contribution in [1.29, 1.82) is 0 Å². The summed E-state index contributed by atoms with van der Waals surface area (Å²) in [6, 6.07) is 9.46. The van der Waals surface area contributed by atoms with Crippen LogP contribution < -0.4 is 25.4 Å². The number of hydrogen-bond acceptors (Lipinski definition) is 4. The molecule has 1 atom stereocenters. The van der Waals surface area contributed by atoms with Crippen molar-refractivity contribution in [2.45, 2.75) is 13.0 Å². The number of carbonyl (C=O) groups is 2. The normalized spacial score (nSPS) is 16.1. The molecular formula is C20H20FN3O4. The number of allylic oxidation sites excluding steroid dienone is 1. The van der Waals surface area contributed by atoms with E-state index in [-0.39, 0.29) is 0 Å². The molecule has 3 rings (SSSR count). The van der Waals surface area contributed by atoms with Gasteiger partial charge >= 0.3 is 6.03 Å². The SMILES string of the molecule is COc1ccc([C@@H]2NC(=O)NC(C)=C2C(=O)Nc2ccc(F)cc2)cc1OC. The number of rotatable bonds is 5. The number of hydrogen-bond donors (Lipinski definition) is 3. The van der Waals surface area contributed by atoms with Gasteiger partial charge in [-0.05, 0) is 48.9 Å². The van der Waals surface area contributed by atoms with Crippen molar-refractivity contribution < 1.29 is 23.5 Å². The van der Waals surface area contributed by atoms with E-state index >= 15 is 0 Å². The highest BCUT2D eigenvalue weighted by Crippen LogP contribution is 2.34. The van der Waals surface area contributed by atoms with Gasteiger partial charge in [0, 0.05) is 11.4 Å². The van der Waals surface area contributed by atoms with E-state index in [0.29, 0.717) is 34.0 Å². The van der Waals surface area contributed by atoms with E-state index < -0.39 is 23.8 Å². The molecule has 146 valence electrons. The van der Waals surface area contributed by atoms with Crippen molar-refractivity contribution in [3.63, 3.8) is 0 Å². The second-order valence-electron chi connectivity index (χ2n) is 6.15. The first-order valence-electron chi connectivity index (χ1n) is 8.50. The first kappa shape index (κ1) is 19.2. The minimum absolute atomic E-state index is 0.330. The molecule has 0 fully saturated rings. The van der Waals surface area contributed by atoms with Crippen LogP contribution >= 0.6 is 0 Å². The highest BCUT2D eigenvalue weighted by molar-refractivity contribution is 6.06. The zero-order valence-corrected chi connectivity index (χ0v) is 15.6. The average Bonchev–Trinajstić information content (AvgIpc) is 2.68. The number of benzene rings is 2. The van der Waals surface area contributed by atoms with Crippen LogP contribution in [-0.2, 0) is 4.79 Å².